The number of carbonyl (C=O) groups excluding carboxylic acids is 1. The van der Waals surface area contributed by atoms with E-state index in [9.17, 15) is 4.79 Å². The Morgan fingerprint density at radius 1 is 1.19 bits per heavy atom. The van der Waals surface area contributed by atoms with Crippen molar-refractivity contribution in [2.45, 2.75) is 19.8 Å². The lowest BCUT2D eigenvalue weighted by molar-refractivity contribution is 0.0986. The number of benzene rings is 2. The molecule has 0 saturated carbocycles. The molecule has 4 heteroatoms. The van der Waals surface area contributed by atoms with Crippen LogP contribution < -0.4 is 4.90 Å². The van der Waals surface area contributed by atoms with Crippen molar-refractivity contribution in [2.75, 3.05) is 11.4 Å². The third-order valence-electron chi connectivity index (χ3n) is 3.21. The topological polar surface area (TPSA) is 20.3 Å². The van der Waals surface area contributed by atoms with E-state index in [0.717, 1.165) is 23.0 Å². The Labute approximate surface area is 138 Å². The van der Waals surface area contributed by atoms with E-state index in [4.69, 9.17) is 11.6 Å². The Bertz CT molecular complexity index is 615. The average Bonchev–Trinajstić information content (AvgIpc) is 2.51. The van der Waals surface area contributed by atoms with E-state index in [1.807, 2.05) is 35.2 Å². The molecule has 0 spiro atoms. The third kappa shape index (κ3) is 4.08. The molecule has 0 heterocycles. The molecule has 0 fully saturated rings. The first-order chi connectivity index (χ1) is 10.1. The van der Waals surface area contributed by atoms with Gasteiger partial charge in [0.1, 0.15) is 0 Å². The average molecular weight is 367 g/mol. The molecule has 2 rings (SSSR count). The molecular weight excluding hydrogens is 350 g/mol. The quantitative estimate of drug-likeness (QED) is 0.679. The summed E-state index contributed by atoms with van der Waals surface area (Å²) in [4.78, 5) is 14.6. The molecule has 0 aromatic heterocycles. The number of hydrogen-bond donors (Lipinski definition) is 0. The highest BCUT2D eigenvalue weighted by molar-refractivity contribution is 9.10. The molecule has 0 atom stereocenters. The van der Waals surface area contributed by atoms with Crippen LogP contribution in [0.4, 0.5) is 5.69 Å². The Morgan fingerprint density at radius 2 is 1.90 bits per heavy atom. The molecule has 21 heavy (non-hydrogen) atoms. The summed E-state index contributed by atoms with van der Waals surface area (Å²) in [6.45, 7) is 2.83. The van der Waals surface area contributed by atoms with Gasteiger partial charge in [0.05, 0.1) is 5.02 Å². The summed E-state index contributed by atoms with van der Waals surface area (Å²) in [6.07, 6.45) is 2.01. The van der Waals surface area contributed by atoms with Gasteiger partial charge in [-0.3, -0.25) is 4.79 Å². The van der Waals surface area contributed by atoms with Gasteiger partial charge in [-0.25, -0.2) is 0 Å². The van der Waals surface area contributed by atoms with Crippen molar-refractivity contribution >= 4 is 39.1 Å². The van der Waals surface area contributed by atoms with Crippen LogP contribution in [0.1, 0.15) is 30.1 Å². The summed E-state index contributed by atoms with van der Waals surface area (Å²) >= 11 is 9.36. The fourth-order valence-electron chi connectivity index (χ4n) is 2.06. The molecular formula is C17H17BrClNO. The minimum absolute atomic E-state index is 0.00739. The summed E-state index contributed by atoms with van der Waals surface area (Å²) in [5.74, 6) is -0.00739. The maximum atomic E-state index is 12.8. The second-order valence-electron chi connectivity index (χ2n) is 4.77. The molecule has 2 aromatic rings. The minimum Gasteiger partial charge on any atom is -0.308 e. The maximum Gasteiger partial charge on any atom is 0.258 e. The van der Waals surface area contributed by atoms with Crippen molar-refractivity contribution in [1.29, 1.82) is 0 Å². The van der Waals surface area contributed by atoms with E-state index in [1.54, 1.807) is 18.2 Å². The van der Waals surface area contributed by atoms with Gasteiger partial charge in [0.2, 0.25) is 0 Å². The monoisotopic (exact) mass is 365 g/mol. The van der Waals surface area contributed by atoms with Gasteiger partial charge in [-0.1, -0.05) is 43.1 Å². The zero-order valence-corrected chi connectivity index (χ0v) is 14.2. The predicted octanol–water partition coefficient (Wildman–Crippen LogP) is 5.55. The molecule has 2 nitrogen and oxygen atoms in total. The van der Waals surface area contributed by atoms with Crippen LogP contribution in [0.5, 0.6) is 0 Å². The number of halogens is 2. The van der Waals surface area contributed by atoms with Gasteiger partial charge in [-0.05, 0) is 52.7 Å². The van der Waals surface area contributed by atoms with Gasteiger partial charge in [-0.15, -0.1) is 0 Å². The lowest BCUT2D eigenvalue weighted by Gasteiger charge is -2.23. The summed E-state index contributed by atoms with van der Waals surface area (Å²) < 4.78 is 0.735. The minimum atomic E-state index is -0.00739. The van der Waals surface area contributed by atoms with Crippen LogP contribution in [-0.4, -0.2) is 12.5 Å². The number of carbonyl (C=O) groups is 1. The van der Waals surface area contributed by atoms with Gasteiger partial charge in [0, 0.05) is 22.3 Å². The van der Waals surface area contributed by atoms with E-state index in [1.165, 1.54) is 0 Å². The van der Waals surface area contributed by atoms with E-state index >= 15 is 0 Å². The largest absolute Gasteiger partial charge is 0.308 e. The highest BCUT2D eigenvalue weighted by Gasteiger charge is 2.17. The standard InChI is InChI=1S/C17H17BrClNO/c1-2-3-11-20(14-7-5-4-6-8-14)17(21)13-9-10-16(19)15(18)12-13/h4-10,12H,2-3,11H2,1H3. The van der Waals surface area contributed by atoms with Crippen LogP contribution >= 0.6 is 27.5 Å². The Hall–Kier alpha value is -1.32. The number of rotatable bonds is 5. The van der Waals surface area contributed by atoms with Gasteiger partial charge >= 0.3 is 0 Å². The van der Waals surface area contributed by atoms with Crippen LogP contribution in [0.3, 0.4) is 0 Å². The summed E-state index contributed by atoms with van der Waals surface area (Å²) in [6, 6.07) is 15.0. The Balaban J connectivity index is 2.31. The summed E-state index contributed by atoms with van der Waals surface area (Å²) in [5.41, 5.74) is 1.55. The van der Waals surface area contributed by atoms with Crippen molar-refractivity contribution in [3.8, 4) is 0 Å². The van der Waals surface area contributed by atoms with Crippen molar-refractivity contribution < 1.29 is 4.79 Å². The Morgan fingerprint density at radius 3 is 2.52 bits per heavy atom. The number of nitrogens with zero attached hydrogens (tertiary/aromatic N) is 1. The van der Waals surface area contributed by atoms with Gasteiger partial charge in [-0.2, -0.15) is 0 Å². The number of unbranched alkanes of at least 4 members (excludes halogenated alkanes) is 1. The smallest absolute Gasteiger partial charge is 0.258 e. The molecule has 0 radical (unpaired) electrons. The molecule has 0 aliphatic heterocycles. The fraction of sp³-hybridized carbons (Fsp3) is 0.235. The second-order valence-corrected chi connectivity index (χ2v) is 6.04. The van der Waals surface area contributed by atoms with E-state index in [2.05, 4.69) is 22.9 Å². The van der Waals surface area contributed by atoms with Crippen LogP contribution in [0.25, 0.3) is 0 Å². The summed E-state index contributed by atoms with van der Waals surface area (Å²) in [5, 5.41) is 0.603. The zero-order chi connectivity index (χ0) is 15.2. The fourth-order valence-corrected chi connectivity index (χ4v) is 2.55. The van der Waals surface area contributed by atoms with Crippen molar-refractivity contribution in [3.05, 3.63) is 63.6 Å². The highest BCUT2D eigenvalue weighted by Crippen LogP contribution is 2.25. The number of hydrogen-bond acceptors (Lipinski definition) is 1. The number of para-hydroxylation sites is 1. The third-order valence-corrected chi connectivity index (χ3v) is 4.43. The molecule has 0 aliphatic carbocycles. The molecule has 0 saturated heterocycles. The van der Waals surface area contributed by atoms with Gasteiger partial charge < -0.3 is 4.90 Å². The van der Waals surface area contributed by atoms with Gasteiger partial charge in [0.15, 0.2) is 0 Å². The predicted molar refractivity (Wildman–Crippen MR) is 92.2 cm³/mol. The van der Waals surface area contributed by atoms with E-state index < -0.39 is 0 Å². The Kier molecular flexibility index (Phi) is 5.83. The molecule has 2 aromatic carbocycles. The van der Waals surface area contributed by atoms with Crippen molar-refractivity contribution in [3.63, 3.8) is 0 Å². The van der Waals surface area contributed by atoms with Crippen molar-refractivity contribution in [2.24, 2.45) is 0 Å². The van der Waals surface area contributed by atoms with Gasteiger partial charge in [0.25, 0.3) is 5.91 Å². The molecule has 0 unspecified atom stereocenters. The first kappa shape index (κ1) is 16.1. The number of anilines is 1. The van der Waals surface area contributed by atoms with Crippen LogP contribution in [-0.2, 0) is 0 Å². The molecule has 110 valence electrons. The normalized spacial score (nSPS) is 10.4. The van der Waals surface area contributed by atoms with Crippen molar-refractivity contribution in [1.82, 2.24) is 0 Å². The molecule has 0 bridgehead atoms. The zero-order valence-electron chi connectivity index (χ0n) is 11.9. The lowest BCUT2D eigenvalue weighted by atomic mass is 10.1. The van der Waals surface area contributed by atoms with E-state index in [-0.39, 0.29) is 5.91 Å². The van der Waals surface area contributed by atoms with Crippen LogP contribution in [0, 0.1) is 0 Å². The van der Waals surface area contributed by atoms with Crippen LogP contribution in [0.2, 0.25) is 5.02 Å². The molecule has 0 N–H and O–H groups in total. The molecule has 0 aliphatic rings. The first-order valence-electron chi connectivity index (χ1n) is 6.95. The second kappa shape index (κ2) is 7.62. The highest BCUT2D eigenvalue weighted by atomic mass is 79.9. The molecule has 1 amide bonds. The first-order valence-corrected chi connectivity index (χ1v) is 8.12. The van der Waals surface area contributed by atoms with E-state index in [0.29, 0.717) is 17.1 Å². The lowest BCUT2D eigenvalue weighted by Crippen LogP contribution is -2.31. The number of amides is 1. The summed E-state index contributed by atoms with van der Waals surface area (Å²) in [7, 11) is 0. The maximum absolute atomic E-state index is 12.8. The SMILES string of the molecule is CCCCN(C(=O)c1ccc(Cl)c(Br)c1)c1ccccc1. The van der Waals surface area contributed by atoms with Crippen LogP contribution in [0.15, 0.2) is 53.0 Å².